The zero-order valence-electron chi connectivity index (χ0n) is 23.8. The highest BCUT2D eigenvalue weighted by molar-refractivity contribution is 7.91. The van der Waals surface area contributed by atoms with E-state index in [1.54, 1.807) is 44.6 Å². The first-order chi connectivity index (χ1) is 20.7. The summed E-state index contributed by atoms with van der Waals surface area (Å²) in [5.41, 5.74) is 1.98. The van der Waals surface area contributed by atoms with Gasteiger partial charge in [-0.2, -0.15) is 0 Å². The van der Waals surface area contributed by atoms with E-state index in [2.05, 4.69) is 20.6 Å². The smallest absolute Gasteiger partial charge is 0.152 e. The summed E-state index contributed by atoms with van der Waals surface area (Å²) in [4.78, 5) is 8.93. The highest BCUT2D eigenvalue weighted by atomic mass is 35.5. The van der Waals surface area contributed by atoms with Crippen LogP contribution in [0.15, 0.2) is 73.3 Å². The Morgan fingerprint density at radius 2 is 1.98 bits per heavy atom. The van der Waals surface area contributed by atoms with Gasteiger partial charge in [-0.15, -0.1) is 0 Å². The predicted molar refractivity (Wildman–Crippen MR) is 165 cm³/mol. The highest BCUT2D eigenvalue weighted by Gasteiger charge is 2.38. The molecule has 0 radical (unpaired) electrons. The Hall–Kier alpha value is -3.93. The Balaban J connectivity index is 1.39. The Bertz CT molecular complexity index is 1740. The Morgan fingerprint density at radius 3 is 2.70 bits per heavy atom. The van der Waals surface area contributed by atoms with Crippen molar-refractivity contribution in [2.24, 2.45) is 0 Å². The van der Waals surface area contributed by atoms with Gasteiger partial charge in [-0.1, -0.05) is 30.7 Å². The van der Waals surface area contributed by atoms with Gasteiger partial charge in [0, 0.05) is 48.0 Å². The van der Waals surface area contributed by atoms with E-state index in [0.29, 0.717) is 58.6 Å². The molecule has 1 aromatic heterocycles. The number of nitrogens with one attached hydrogen (secondary N) is 2. The van der Waals surface area contributed by atoms with E-state index in [1.807, 2.05) is 24.3 Å². The number of hydrogen-bond acceptors (Lipinski definition) is 9. The molecule has 0 amide bonds. The molecule has 0 bridgehead atoms. The second kappa shape index (κ2) is 13.2. The largest absolute Gasteiger partial charge is 0.496 e. The molecule has 0 spiro atoms. The van der Waals surface area contributed by atoms with Gasteiger partial charge in [-0.05, 0) is 48.0 Å². The van der Waals surface area contributed by atoms with E-state index in [4.69, 9.17) is 25.8 Å². The number of rotatable bonds is 13. The maximum absolute atomic E-state index is 13.5. The minimum Gasteiger partial charge on any atom is -0.496 e. The average molecular weight is 627 g/mol. The molecule has 1 aliphatic rings. The van der Waals surface area contributed by atoms with Gasteiger partial charge in [-0.3, -0.25) is 0 Å². The van der Waals surface area contributed by atoms with Gasteiger partial charge >= 0.3 is 0 Å². The van der Waals surface area contributed by atoms with Crippen molar-refractivity contribution >= 4 is 43.8 Å². The molecule has 226 valence electrons. The average Bonchev–Trinajstić information content (AvgIpc) is 3.48. The molecule has 9 nitrogen and oxygen atoms in total. The van der Waals surface area contributed by atoms with Gasteiger partial charge in [0.05, 0.1) is 29.7 Å². The third-order valence-corrected chi connectivity index (χ3v) is 9.20. The maximum atomic E-state index is 13.5. The standard InChI is InChI=1S/C31H32ClFN4O5S/c1-3-43(38,39)13-11-34-19-31(10-5-12-42-31)25-16-24-27(17-29(25)40-2)35-20-36-30(24)37-23-8-9-28(26(32)15-23)41-18-21-6-4-7-22(33)14-21/h4-9,12,14-17,20,34H,3,10-11,13,18-19H2,1-2H3,(H,35,36,37). The van der Waals surface area contributed by atoms with Gasteiger partial charge < -0.3 is 24.8 Å². The number of halogens is 2. The number of benzene rings is 3. The number of aromatic nitrogens is 2. The van der Waals surface area contributed by atoms with Crippen molar-refractivity contribution in [3.8, 4) is 11.5 Å². The number of anilines is 2. The van der Waals surface area contributed by atoms with Crippen molar-refractivity contribution < 1.29 is 27.0 Å². The van der Waals surface area contributed by atoms with Gasteiger partial charge in [0.2, 0.25) is 0 Å². The van der Waals surface area contributed by atoms with Crippen LogP contribution in [0.1, 0.15) is 24.5 Å². The molecule has 0 saturated heterocycles. The lowest BCUT2D eigenvalue weighted by Gasteiger charge is -2.31. The number of methoxy groups -OCH3 is 1. The predicted octanol–water partition coefficient (Wildman–Crippen LogP) is 5.91. The minimum absolute atomic E-state index is 0.0426. The number of nitrogens with zero attached hydrogens (tertiary/aromatic N) is 2. The first kappa shape index (κ1) is 30.5. The van der Waals surface area contributed by atoms with Crippen LogP contribution < -0.4 is 20.1 Å². The minimum atomic E-state index is -3.10. The first-order valence-electron chi connectivity index (χ1n) is 13.7. The lowest BCUT2D eigenvalue weighted by molar-refractivity contribution is 0.0396. The van der Waals surface area contributed by atoms with E-state index in [9.17, 15) is 12.8 Å². The van der Waals surface area contributed by atoms with Gasteiger partial charge in [0.15, 0.2) is 15.4 Å². The summed E-state index contributed by atoms with van der Waals surface area (Å²) in [6.07, 6.45) is 5.59. The van der Waals surface area contributed by atoms with Crippen LogP contribution in [0.2, 0.25) is 5.02 Å². The summed E-state index contributed by atoms with van der Waals surface area (Å²) >= 11 is 6.52. The van der Waals surface area contributed by atoms with E-state index >= 15 is 0 Å². The van der Waals surface area contributed by atoms with Crippen molar-refractivity contribution in [1.29, 1.82) is 0 Å². The Labute approximate surface area is 255 Å². The van der Waals surface area contributed by atoms with Crippen LogP contribution in [0.5, 0.6) is 11.5 Å². The fourth-order valence-electron chi connectivity index (χ4n) is 4.84. The third kappa shape index (κ3) is 7.18. The molecule has 0 saturated carbocycles. The van der Waals surface area contributed by atoms with Crippen molar-refractivity contribution in [3.05, 3.63) is 95.2 Å². The normalized spacial score (nSPS) is 16.3. The summed E-state index contributed by atoms with van der Waals surface area (Å²) in [5, 5.41) is 7.68. The fourth-order valence-corrected chi connectivity index (χ4v) is 5.82. The first-order valence-corrected chi connectivity index (χ1v) is 15.9. The SMILES string of the molecule is CCS(=O)(=O)CCNCC1(c2cc3c(Nc4ccc(OCc5cccc(F)c5)c(Cl)c4)ncnc3cc2OC)CC=CO1. The molecule has 12 heteroatoms. The molecule has 3 aromatic carbocycles. The number of hydrogen-bond donors (Lipinski definition) is 2. The zero-order valence-corrected chi connectivity index (χ0v) is 25.3. The summed E-state index contributed by atoms with van der Waals surface area (Å²) in [6.45, 7) is 2.48. The Kier molecular flexibility index (Phi) is 9.34. The van der Waals surface area contributed by atoms with Crippen LogP contribution in [-0.2, 0) is 26.8 Å². The second-order valence-electron chi connectivity index (χ2n) is 10.1. The van der Waals surface area contributed by atoms with Crippen LogP contribution >= 0.6 is 11.6 Å². The molecule has 2 N–H and O–H groups in total. The number of ether oxygens (including phenoxy) is 3. The van der Waals surface area contributed by atoms with E-state index in [-0.39, 0.29) is 23.9 Å². The van der Waals surface area contributed by atoms with Gasteiger partial charge in [-0.25, -0.2) is 22.8 Å². The van der Waals surface area contributed by atoms with Crippen LogP contribution in [0.3, 0.4) is 0 Å². The zero-order chi connectivity index (χ0) is 30.5. The van der Waals surface area contributed by atoms with E-state index in [1.165, 1.54) is 18.5 Å². The topological polar surface area (TPSA) is 112 Å². The summed E-state index contributed by atoms with van der Waals surface area (Å²) in [7, 11) is -1.51. The summed E-state index contributed by atoms with van der Waals surface area (Å²) in [6, 6.07) is 15.2. The van der Waals surface area contributed by atoms with Crippen molar-refractivity contribution in [2.45, 2.75) is 25.6 Å². The summed E-state index contributed by atoms with van der Waals surface area (Å²) in [5.74, 6) is 1.41. The maximum Gasteiger partial charge on any atom is 0.152 e. The molecule has 5 rings (SSSR count). The van der Waals surface area contributed by atoms with Crippen molar-refractivity contribution in [3.63, 3.8) is 0 Å². The molecule has 0 fully saturated rings. The summed E-state index contributed by atoms with van der Waals surface area (Å²) < 4.78 is 55.1. The van der Waals surface area contributed by atoms with Crippen molar-refractivity contribution in [1.82, 2.24) is 15.3 Å². The fraction of sp³-hybridized carbons (Fsp3) is 0.290. The van der Waals surface area contributed by atoms with Crippen molar-refractivity contribution in [2.75, 3.05) is 37.0 Å². The molecule has 4 aromatic rings. The molecule has 1 unspecified atom stereocenters. The van der Waals surface area contributed by atoms with E-state index in [0.717, 1.165) is 10.9 Å². The quantitative estimate of drug-likeness (QED) is 0.175. The van der Waals surface area contributed by atoms with Crippen LogP contribution in [-0.4, -0.2) is 50.1 Å². The monoisotopic (exact) mass is 626 g/mol. The van der Waals surface area contributed by atoms with Gasteiger partial charge in [0.25, 0.3) is 0 Å². The lowest BCUT2D eigenvalue weighted by Crippen LogP contribution is -2.39. The molecular weight excluding hydrogens is 595 g/mol. The highest BCUT2D eigenvalue weighted by Crippen LogP contribution is 2.42. The van der Waals surface area contributed by atoms with Gasteiger partial charge in [0.1, 0.15) is 36.1 Å². The number of fused-ring (bicyclic) bond motifs is 1. The Morgan fingerprint density at radius 1 is 1.12 bits per heavy atom. The second-order valence-corrected chi connectivity index (χ2v) is 13.0. The molecule has 1 aliphatic heterocycles. The lowest BCUT2D eigenvalue weighted by atomic mass is 9.89. The molecule has 2 heterocycles. The van der Waals surface area contributed by atoms with Crippen LogP contribution in [0, 0.1) is 5.82 Å². The van der Waals surface area contributed by atoms with Crippen LogP contribution in [0.25, 0.3) is 10.9 Å². The number of sulfone groups is 1. The molecule has 43 heavy (non-hydrogen) atoms. The third-order valence-electron chi connectivity index (χ3n) is 7.20. The molecular formula is C31H32ClFN4O5S. The van der Waals surface area contributed by atoms with E-state index < -0.39 is 15.4 Å². The molecule has 1 atom stereocenters. The molecule has 0 aliphatic carbocycles. The van der Waals surface area contributed by atoms with Crippen LogP contribution in [0.4, 0.5) is 15.9 Å².